The summed E-state index contributed by atoms with van der Waals surface area (Å²) in [6.07, 6.45) is 0.0580. The maximum Gasteiger partial charge on any atom is 0.150 e. The smallest absolute Gasteiger partial charge is 0.150 e. The van der Waals surface area contributed by atoms with Crippen LogP contribution in [0.3, 0.4) is 0 Å². The van der Waals surface area contributed by atoms with E-state index in [-0.39, 0.29) is 18.8 Å². The first-order chi connectivity index (χ1) is 7.67. The van der Waals surface area contributed by atoms with Crippen molar-refractivity contribution >= 4 is 0 Å². The van der Waals surface area contributed by atoms with Crippen LogP contribution in [0.4, 0.5) is 0 Å². The fourth-order valence-corrected chi connectivity index (χ4v) is 2.08. The van der Waals surface area contributed by atoms with E-state index in [0.29, 0.717) is 0 Å². The van der Waals surface area contributed by atoms with Gasteiger partial charge in [-0.05, 0) is 13.8 Å². The quantitative estimate of drug-likeness (QED) is 0.816. The average molecular weight is 226 g/mol. The Morgan fingerprint density at radius 1 is 1.56 bits per heavy atom. The minimum absolute atomic E-state index is 0.0657. The third-order valence-electron chi connectivity index (χ3n) is 2.66. The summed E-state index contributed by atoms with van der Waals surface area (Å²) in [4.78, 5) is 2.22. The number of hydrogen-bond acceptors (Lipinski definition) is 5. The highest BCUT2D eigenvalue weighted by Crippen LogP contribution is 2.14. The molecule has 0 aromatic carbocycles. The zero-order valence-electron chi connectivity index (χ0n) is 9.72. The summed E-state index contributed by atoms with van der Waals surface area (Å²) in [5, 5.41) is 13.0. The fraction of sp³-hybridized carbons (Fsp3) is 0.727. The van der Waals surface area contributed by atoms with E-state index in [0.717, 1.165) is 31.1 Å². The van der Waals surface area contributed by atoms with Gasteiger partial charge in [0.25, 0.3) is 0 Å². The molecular formula is C11H18N2O3. The average Bonchev–Trinajstić information content (AvgIpc) is 2.63. The third-order valence-corrected chi connectivity index (χ3v) is 2.66. The Kier molecular flexibility index (Phi) is 3.58. The van der Waals surface area contributed by atoms with Gasteiger partial charge in [0, 0.05) is 19.2 Å². The number of aliphatic hydroxyl groups is 1. The highest BCUT2D eigenvalue weighted by molar-refractivity contribution is 5.03. The number of hydrogen-bond donors (Lipinski definition) is 1. The Morgan fingerprint density at radius 2 is 2.38 bits per heavy atom. The van der Waals surface area contributed by atoms with Gasteiger partial charge in [-0.15, -0.1) is 0 Å². The highest BCUT2D eigenvalue weighted by Gasteiger charge is 2.25. The molecular weight excluding hydrogens is 208 g/mol. The van der Waals surface area contributed by atoms with Gasteiger partial charge in [0.1, 0.15) is 0 Å². The van der Waals surface area contributed by atoms with Gasteiger partial charge in [-0.25, -0.2) is 0 Å². The Bertz CT molecular complexity index is 340. The van der Waals surface area contributed by atoms with Crippen molar-refractivity contribution in [1.82, 2.24) is 10.1 Å². The number of nitrogens with zero attached hydrogens (tertiary/aromatic N) is 2. The van der Waals surface area contributed by atoms with E-state index >= 15 is 0 Å². The number of aliphatic hydroxyl groups excluding tert-OH is 1. The van der Waals surface area contributed by atoms with Crippen molar-refractivity contribution in [3.05, 3.63) is 17.5 Å². The molecule has 1 fully saturated rings. The van der Waals surface area contributed by atoms with Gasteiger partial charge < -0.3 is 14.4 Å². The van der Waals surface area contributed by atoms with Gasteiger partial charge >= 0.3 is 0 Å². The largest absolute Gasteiger partial charge is 0.394 e. The standard InChI is InChI=1S/C11H18N2O3/c1-8-3-10(16-12-8)5-13-4-9(2)15-11(6-13)7-14/h3,9,11,14H,4-7H2,1-2H3. The molecule has 0 amide bonds. The molecule has 0 spiro atoms. The van der Waals surface area contributed by atoms with Crippen molar-refractivity contribution in [3.63, 3.8) is 0 Å². The van der Waals surface area contributed by atoms with Crippen molar-refractivity contribution in [3.8, 4) is 0 Å². The van der Waals surface area contributed by atoms with Gasteiger partial charge in [-0.3, -0.25) is 4.90 Å². The predicted octanol–water partition coefficient (Wildman–Crippen LogP) is 0.565. The Labute approximate surface area is 95.0 Å². The van der Waals surface area contributed by atoms with E-state index in [1.165, 1.54) is 0 Å². The molecule has 90 valence electrons. The second-order valence-corrected chi connectivity index (χ2v) is 4.38. The maximum absolute atomic E-state index is 9.11. The molecule has 1 aromatic rings. The highest BCUT2D eigenvalue weighted by atomic mass is 16.5. The molecule has 0 radical (unpaired) electrons. The monoisotopic (exact) mass is 226 g/mol. The molecule has 1 aliphatic rings. The van der Waals surface area contributed by atoms with Crippen LogP contribution < -0.4 is 0 Å². The number of ether oxygens (including phenoxy) is 1. The third kappa shape index (κ3) is 2.81. The first-order valence-corrected chi connectivity index (χ1v) is 5.58. The molecule has 0 saturated carbocycles. The molecule has 2 unspecified atom stereocenters. The molecule has 1 saturated heterocycles. The second kappa shape index (κ2) is 4.95. The van der Waals surface area contributed by atoms with Crippen molar-refractivity contribution in [2.45, 2.75) is 32.6 Å². The van der Waals surface area contributed by atoms with Crippen molar-refractivity contribution < 1.29 is 14.4 Å². The van der Waals surface area contributed by atoms with Gasteiger partial charge in [0.2, 0.25) is 0 Å². The van der Waals surface area contributed by atoms with Crippen LogP contribution in [0.1, 0.15) is 18.4 Å². The van der Waals surface area contributed by atoms with Crippen molar-refractivity contribution in [1.29, 1.82) is 0 Å². The molecule has 1 aromatic heterocycles. The summed E-state index contributed by atoms with van der Waals surface area (Å²) in [6.45, 7) is 6.31. The summed E-state index contributed by atoms with van der Waals surface area (Å²) in [6, 6.07) is 1.94. The minimum atomic E-state index is -0.0900. The number of aromatic nitrogens is 1. The van der Waals surface area contributed by atoms with Gasteiger partial charge in [0.05, 0.1) is 31.1 Å². The summed E-state index contributed by atoms with van der Waals surface area (Å²) < 4.78 is 10.7. The van der Waals surface area contributed by atoms with E-state index in [9.17, 15) is 0 Å². The number of rotatable bonds is 3. The first kappa shape index (κ1) is 11.6. The number of aryl methyl sites for hydroxylation is 1. The van der Waals surface area contributed by atoms with E-state index < -0.39 is 0 Å². The van der Waals surface area contributed by atoms with Crippen LogP contribution in [0.2, 0.25) is 0 Å². The van der Waals surface area contributed by atoms with Crippen LogP contribution in [-0.2, 0) is 11.3 Å². The van der Waals surface area contributed by atoms with Gasteiger partial charge in [-0.1, -0.05) is 5.16 Å². The Balaban J connectivity index is 1.93. The summed E-state index contributed by atoms with van der Waals surface area (Å²) in [7, 11) is 0. The molecule has 1 N–H and O–H groups in total. The lowest BCUT2D eigenvalue weighted by atomic mass is 10.2. The van der Waals surface area contributed by atoms with Crippen molar-refractivity contribution in [2.24, 2.45) is 0 Å². The molecule has 0 aliphatic carbocycles. The van der Waals surface area contributed by atoms with Crippen LogP contribution in [0.15, 0.2) is 10.6 Å². The molecule has 2 rings (SSSR count). The molecule has 1 aliphatic heterocycles. The van der Waals surface area contributed by atoms with Crippen LogP contribution in [-0.4, -0.2) is 47.1 Å². The normalized spacial score (nSPS) is 27.2. The minimum Gasteiger partial charge on any atom is -0.394 e. The number of morpholine rings is 1. The molecule has 2 atom stereocenters. The van der Waals surface area contributed by atoms with Crippen LogP contribution in [0.25, 0.3) is 0 Å². The summed E-state index contributed by atoms with van der Waals surface area (Å²) in [5.41, 5.74) is 0.898. The zero-order chi connectivity index (χ0) is 11.5. The lowest BCUT2D eigenvalue weighted by Gasteiger charge is -2.35. The molecule has 0 bridgehead atoms. The zero-order valence-corrected chi connectivity index (χ0v) is 9.72. The SMILES string of the molecule is Cc1cc(CN2CC(C)OC(CO)C2)on1. The Morgan fingerprint density at radius 3 is 3.00 bits per heavy atom. The summed E-state index contributed by atoms with van der Waals surface area (Å²) in [5.74, 6) is 0.864. The van der Waals surface area contributed by atoms with E-state index in [4.69, 9.17) is 14.4 Å². The lowest BCUT2D eigenvalue weighted by molar-refractivity contribution is -0.0985. The topological polar surface area (TPSA) is 58.7 Å². The molecule has 5 nitrogen and oxygen atoms in total. The lowest BCUT2D eigenvalue weighted by Crippen LogP contribution is -2.47. The Hall–Kier alpha value is -0.910. The van der Waals surface area contributed by atoms with Crippen LogP contribution in [0, 0.1) is 6.92 Å². The second-order valence-electron chi connectivity index (χ2n) is 4.38. The fourth-order valence-electron chi connectivity index (χ4n) is 2.08. The predicted molar refractivity (Wildman–Crippen MR) is 57.9 cm³/mol. The van der Waals surface area contributed by atoms with Crippen LogP contribution >= 0.6 is 0 Å². The molecule has 5 heteroatoms. The maximum atomic E-state index is 9.11. The van der Waals surface area contributed by atoms with Gasteiger partial charge in [0.15, 0.2) is 5.76 Å². The summed E-state index contributed by atoms with van der Waals surface area (Å²) >= 11 is 0. The van der Waals surface area contributed by atoms with E-state index in [1.807, 2.05) is 19.9 Å². The molecule has 16 heavy (non-hydrogen) atoms. The van der Waals surface area contributed by atoms with E-state index in [1.54, 1.807) is 0 Å². The van der Waals surface area contributed by atoms with Crippen molar-refractivity contribution in [2.75, 3.05) is 19.7 Å². The first-order valence-electron chi connectivity index (χ1n) is 5.58. The van der Waals surface area contributed by atoms with Crippen LogP contribution in [0.5, 0.6) is 0 Å². The van der Waals surface area contributed by atoms with E-state index in [2.05, 4.69) is 10.1 Å². The molecule has 2 heterocycles. The van der Waals surface area contributed by atoms with Gasteiger partial charge in [-0.2, -0.15) is 0 Å².